The molecule has 2 aliphatic carbocycles. The molecule has 1 aromatic heterocycles. The fourth-order valence-electron chi connectivity index (χ4n) is 7.76. The summed E-state index contributed by atoms with van der Waals surface area (Å²) in [7, 11) is 0. The Hall–Kier alpha value is -4.35. The van der Waals surface area contributed by atoms with Crippen LogP contribution in [0, 0.1) is 11.3 Å². The van der Waals surface area contributed by atoms with E-state index in [9.17, 15) is 24.0 Å². The molecule has 3 N–H and O–H groups in total. The van der Waals surface area contributed by atoms with E-state index in [0.29, 0.717) is 36.6 Å². The van der Waals surface area contributed by atoms with E-state index in [-0.39, 0.29) is 31.3 Å². The minimum absolute atomic E-state index is 0.00479. The number of Topliss-reactive ketones (excluding diaryl/α,β-unsaturated/α-hetero) is 1. The largest absolute Gasteiger partial charge is 0.386 e. The van der Waals surface area contributed by atoms with Crippen LogP contribution in [0.1, 0.15) is 110 Å². The van der Waals surface area contributed by atoms with Gasteiger partial charge in [0, 0.05) is 36.9 Å². The Balaban J connectivity index is 1.26. The Morgan fingerprint density at radius 1 is 1.00 bits per heavy atom. The highest BCUT2D eigenvalue weighted by Gasteiger charge is 2.56. The molecular formula is C39H52N6O6. The standard InChI is InChI=1S/C39H52N6O6/c1-5-11-28(33(47)36(49)41-26-16-17-26)42-35(48)30-22-39(21-29(44-51-39)32-27-15-10-9-14-25(27)18-19-40-32)23-45(30)37(50)34(38(2,3)4)43-31(46)20-24-12-7-6-8-13-24/h9-10,14-15,18-19,24,26,28,30,34H,5-8,11-13,16-17,20-23H2,1-4H3,(H,41,49)(H,42,48)(H,43,46)/t28-,30-,34+,39+/m0/s1. The average Bonchev–Trinajstić information content (AvgIpc) is 3.71. The van der Waals surface area contributed by atoms with Crippen LogP contribution in [0.2, 0.25) is 0 Å². The number of aromatic nitrogens is 1. The van der Waals surface area contributed by atoms with Gasteiger partial charge in [-0.25, -0.2) is 0 Å². The highest BCUT2D eigenvalue weighted by atomic mass is 16.7. The first-order chi connectivity index (χ1) is 24.4. The summed E-state index contributed by atoms with van der Waals surface area (Å²) < 4.78 is 0. The van der Waals surface area contributed by atoms with Gasteiger partial charge in [0.2, 0.25) is 23.5 Å². The lowest BCUT2D eigenvalue weighted by atomic mass is 9.84. The molecule has 2 aromatic rings. The van der Waals surface area contributed by atoms with Crippen molar-refractivity contribution in [2.75, 3.05) is 6.54 Å². The molecule has 4 amide bonds. The summed E-state index contributed by atoms with van der Waals surface area (Å²) in [5, 5.41) is 15.0. The van der Waals surface area contributed by atoms with Crippen LogP contribution in [0.25, 0.3) is 10.8 Å². The van der Waals surface area contributed by atoms with Gasteiger partial charge in [-0.3, -0.25) is 29.0 Å². The third-order valence-corrected chi connectivity index (χ3v) is 10.7. The maximum Gasteiger partial charge on any atom is 0.289 e. The van der Waals surface area contributed by atoms with Crippen LogP contribution in [-0.4, -0.2) is 81.3 Å². The molecule has 12 heteroatoms. The smallest absolute Gasteiger partial charge is 0.289 e. The molecule has 1 aromatic carbocycles. The van der Waals surface area contributed by atoms with E-state index in [1.807, 2.05) is 58.0 Å². The molecule has 6 rings (SSSR count). The Kier molecular flexibility index (Phi) is 10.8. The lowest BCUT2D eigenvalue weighted by Crippen LogP contribution is -2.59. The Morgan fingerprint density at radius 3 is 2.45 bits per heavy atom. The SMILES string of the molecule is CCC[C@H](NC(=O)[C@@H]1C[C@]2(CC(c3nccc4ccccc34)=NO2)CN1C(=O)[C@@H](NC(=O)CC1CCCCC1)C(C)(C)C)C(=O)C(=O)NC1CC1. The van der Waals surface area contributed by atoms with Gasteiger partial charge in [0.15, 0.2) is 5.60 Å². The van der Waals surface area contributed by atoms with Gasteiger partial charge < -0.3 is 25.7 Å². The molecule has 0 unspecified atom stereocenters. The monoisotopic (exact) mass is 700 g/mol. The summed E-state index contributed by atoms with van der Waals surface area (Å²) in [6.07, 6.45) is 10.4. The topological polar surface area (TPSA) is 159 Å². The zero-order chi connectivity index (χ0) is 36.3. The summed E-state index contributed by atoms with van der Waals surface area (Å²) in [6.45, 7) is 7.60. The maximum atomic E-state index is 14.7. The second-order valence-electron chi connectivity index (χ2n) is 16.1. The van der Waals surface area contributed by atoms with Crippen LogP contribution in [0.15, 0.2) is 41.7 Å². The van der Waals surface area contributed by atoms with Gasteiger partial charge in [-0.1, -0.05) is 82.8 Å². The molecule has 4 aliphatic rings. The number of pyridine rings is 1. The van der Waals surface area contributed by atoms with E-state index in [2.05, 4.69) is 26.1 Å². The van der Waals surface area contributed by atoms with Crippen molar-refractivity contribution in [3.8, 4) is 0 Å². The molecule has 1 spiro atoms. The Morgan fingerprint density at radius 2 is 1.75 bits per heavy atom. The quantitative estimate of drug-likeness (QED) is 0.278. The normalized spacial score (nSPS) is 23.3. The molecule has 3 fully saturated rings. The van der Waals surface area contributed by atoms with Gasteiger partial charge in [-0.2, -0.15) is 0 Å². The number of ketones is 1. The molecule has 3 heterocycles. The first kappa shape index (κ1) is 36.4. The number of oxime groups is 1. The lowest BCUT2D eigenvalue weighted by Gasteiger charge is -2.36. The number of nitrogens with one attached hydrogen (secondary N) is 3. The summed E-state index contributed by atoms with van der Waals surface area (Å²) >= 11 is 0. The lowest BCUT2D eigenvalue weighted by molar-refractivity contribution is -0.145. The number of amides is 4. The summed E-state index contributed by atoms with van der Waals surface area (Å²) in [6, 6.07) is 6.78. The second kappa shape index (κ2) is 15.1. The zero-order valence-corrected chi connectivity index (χ0v) is 30.3. The van der Waals surface area contributed by atoms with Crippen molar-refractivity contribution < 1.29 is 28.8 Å². The molecule has 274 valence electrons. The minimum atomic E-state index is -1.04. The highest BCUT2D eigenvalue weighted by Crippen LogP contribution is 2.40. The highest BCUT2D eigenvalue weighted by molar-refractivity contribution is 6.38. The van der Waals surface area contributed by atoms with Crippen LogP contribution in [0.3, 0.4) is 0 Å². The Bertz CT molecular complexity index is 1690. The van der Waals surface area contributed by atoms with E-state index in [4.69, 9.17) is 4.84 Å². The van der Waals surface area contributed by atoms with E-state index in [0.717, 1.165) is 49.3 Å². The number of nitrogens with zero attached hydrogens (tertiary/aromatic N) is 3. The van der Waals surface area contributed by atoms with Crippen molar-refractivity contribution >= 4 is 45.9 Å². The van der Waals surface area contributed by atoms with Gasteiger partial charge in [-0.15, -0.1) is 0 Å². The van der Waals surface area contributed by atoms with Gasteiger partial charge >= 0.3 is 0 Å². The summed E-state index contributed by atoms with van der Waals surface area (Å²) in [4.78, 5) is 80.6. The molecule has 12 nitrogen and oxygen atoms in total. The number of hydrogen-bond donors (Lipinski definition) is 3. The van der Waals surface area contributed by atoms with Crippen molar-refractivity contribution in [3.05, 3.63) is 42.2 Å². The molecule has 1 saturated heterocycles. The summed E-state index contributed by atoms with van der Waals surface area (Å²) in [5.41, 5.74) is -0.422. The molecule has 0 bridgehead atoms. The minimum Gasteiger partial charge on any atom is -0.386 e. The number of hydrogen-bond acceptors (Lipinski definition) is 8. The predicted molar refractivity (Wildman–Crippen MR) is 192 cm³/mol. The maximum absolute atomic E-state index is 14.7. The van der Waals surface area contributed by atoms with Gasteiger partial charge in [0.25, 0.3) is 5.91 Å². The van der Waals surface area contributed by atoms with Crippen LogP contribution >= 0.6 is 0 Å². The van der Waals surface area contributed by atoms with E-state index in [1.165, 1.54) is 11.3 Å². The van der Waals surface area contributed by atoms with Crippen LogP contribution in [-0.2, 0) is 28.8 Å². The van der Waals surface area contributed by atoms with Crippen LogP contribution in [0.4, 0.5) is 0 Å². The fraction of sp³-hybridized carbons (Fsp3) is 0.615. The van der Waals surface area contributed by atoms with Crippen molar-refractivity contribution in [2.45, 2.75) is 135 Å². The summed E-state index contributed by atoms with van der Waals surface area (Å²) in [5.74, 6) is -2.24. The number of carbonyl (C=O) groups is 5. The van der Waals surface area contributed by atoms with Crippen molar-refractivity contribution in [2.24, 2.45) is 16.5 Å². The number of rotatable bonds is 12. The third-order valence-electron chi connectivity index (χ3n) is 10.7. The van der Waals surface area contributed by atoms with Crippen LogP contribution in [0.5, 0.6) is 0 Å². The number of fused-ring (bicyclic) bond motifs is 1. The molecule has 0 radical (unpaired) electrons. The molecule has 4 atom stereocenters. The fourth-order valence-corrected chi connectivity index (χ4v) is 7.76. The zero-order valence-electron chi connectivity index (χ0n) is 30.3. The average molecular weight is 701 g/mol. The van der Waals surface area contributed by atoms with Crippen molar-refractivity contribution in [1.29, 1.82) is 0 Å². The Labute approximate surface area is 299 Å². The van der Waals surface area contributed by atoms with Gasteiger partial charge in [0.1, 0.15) is 17.8 Å². The van der Waals surface area contributed by atoms with Gasteiger partial charge in [0.05, 0.1) is 18.3 Å². The van der Waals surface area contributed by atoms with Gasteiger partial charge in [-0.05, 0) is 54.9 Å². The molecule has 2 aliphatic heterocycles. The third kappa shape index (κ3) is 8.42. The molecule has 51 heavy (non-hydrogen) atoms. The van der Waals surface area contributed by atoms with E-state index >= 15 is 0 Å². The second-order valence-corrected chi connectivity index (χ2v) is 16.1. The van der Waals surface area contributed by atoms with Crippen molar-refractivity contribution in [3.63, 3.8) is 0 Å². The predicted octanol–water partition coefficient (Wildman–Crippen LogP) is 4.33. The van der Waals surface area contributed by atoms with E-state index in [1.54, 1.807) is 6.20 Å². The first-order valence-corrected chi connectivity index (χ1v) is 18.7. The number of carbonyl (C=O) groups excluding carboxylic acids is 5. The van der Waals surface area contributed by atoms with Crippen molar-refractivity contribution in [1.82, 2.24) is 25.8 Å². The molecule has 2 saturated carbocycles. The number of benzene rings is 1. The van der Waals surface area contributed by atoms with Crippen LogP contribution < -0.4 is 16.0 Å². The van der Waals surface area contributed by atoms with E-state index < -0.39 is 52.6 Å². The number of likely N-dealkylation sites (tertiary alicyclic amines) is 1. The first-order valence-electron chi connectivity index (χ1n) is 18.7. The molecular weight excluding hydrogens is 648 g/mol.